The van der Waals surface area contributed by atoms with Crippen LogP contribution < -0.4 is 4.31 Å². The predicted molar refractivity (Wildman–Crippen MR) is 82.2 cm³/mol. The lowest BCUT2D eigenvalue weighted by Crippen LogP contribution is -2.28. The summed E-state index contributed by atoms with van der Waals surface area (Å²) in [6.45, 7) is 0. The number of carboxylic acid groups (broad SMARTS) is 1. The quantitative estimate of drug-likeness (QED) is 0.941. The summed E-state index contributed by atoms with van der Waals surface area (Å²) >= 11 is 0. The molecule has 0 saturated heterocycles. The summed E-state index contributed by atoms with van der Waals surface area (Å²) < 4.78 is 27.0. The topological polar surface area (TPSA) is 74.7 Å². The van der Waals surface area contributed by atoms with Crippen LogP contribution in [0.2, 0.25) is 0 Å². The average Bonchev–Trinajstić information content (AvgIpc) is 2.74. The van der Waals surface area contributed by atoms with Crippen LogP contribution in [-0.4, -0.2) is 19.5 Å². The third kappa shape index (κ3) is 2.35. The molecule has 0 spiro atoms. The maximum Gasteiger partial charge on any atom is 0.303 e. The van der Waals surface area contributed by atoms with Crippen molar-refractivity contribution < 1.29 is 18.3 Å². The molecule has 1 heterocycles. The van der Waals surface area contributed by atoms with Crippen molar-refractivity contribution in [2.24, 2.45) is 0 Å². The monoisotopic (exact) mass is 317 g/mol. The number of fused-ring (bicyclic) bond motifs is 1. The number of hydrogen-bond acceptors (Lipinski definition) is 3. The van der Waals surface area contributed by atoms with E-state index in [0.717, 1.165) is 0 Å². The number of anilines is 1. The van der Waals surface area contributed by atoms with Crippen molar-refractivity contribution in [3.8, 4) is 0 Å². The second-order valence-electron chi connectivity index (χ2n) is 5.12. The Morgan fingerprint density at radius 2 is 1.68 bits per heavy atom. The molecule has 0 fully saturated rings. The molecule has 114 valence electrons. The number of rotatable bonds is 4. The lowest BCUT2D eigenvalue weighted by molar-refractivity contribution is -0.137. The molecular weight excluding hydrogens is 302 g/mol. The van der Waals surface area contributed by atoms with Crippen molar-refractivity contribution in [3.63, 3.8) is 0 Å². The van der Waals surface area contributed by atoms with Gasteiger partial charge in [0.15, 0.2) is 0 Å². The molecule has 1 unspecified atom stereocenters. The molecule has 0 saturated carbocycles. The fraction of sp³-hybridized carbons (Fsp3) is 0.188. The minimum Gasteiger partial charge on any atom is -0.481 e. The first-order chi connectivity index (χ1) is 10.5. The third-order valence-electron chi connectivity index (χ3n) is 3.74. The van der Waals surface area contributed by atoms with Gasteiger partial charge in [0.25, 0.3) is 10.0 Å². The van der Waals surface area contributed by atoms with Crippen molar-refractivity contribution in [1.29, 1.82) is 0 Å². The maximum atomic E-state index is 12.8. The maximum absolute atomic E-state index is 12.8. The van der Waals surface area contributed by atoms with Gasteiger partial charge in [-0.3, -0.25) is 9.10 Å². The molecule has 0 aromatic heterocycles. The highest BCUT2D eigenvalue weighted by atomic mass is 32.2. The standard InChI is InChI=1S/C16H15NO4S/c18-16(19)11-10-14-13-8-4-5-9-15(13)22(20,21)17(14)12-6-2-1-3-7-12/h1-9,14H,10-11H2,(H,18,19). The number of aliphatic carboxylic acids is 1. The van der Waals surface area contributed by atoms with Gasteiger partial charge < -0.3 is 5.11 Å². The number of carboxylic acids is 1. The highest BCUT2D eigenvalue weighted by molar-refractivity contribution is 7.93. The number of hydrogen-bond donors (Lipinski definition) is 1. The molecule has 1 N–H and O–H groups in total. The molecule has 0 amide bonds. The van der Waals surface area contributed by atoms with E-state index in [-0.39, 0.29) is 17.7 Å². The summed E-state index contributed by atoms with van der Waals surface area (Å²) in [5, 5.41) is 8.94. The van der Waals surface area contributed by atoms with Gasteiger partial charge in [-0.15, -0.1) is 0 Å². The fourth-order valence-corrected chi connectivity index (χ4v) is 4.73. The Hall–Kier alpha value is -2.34. The van der Waals surface area contributed by atoms with Gasteiger partial charge in [-0.05, 0) is 30.2 Å². The van der Waals surface area contributed by atoms with E-state index < -0.39 is 22.0 Å². The molecule has 0 bridgehead atoms. The van der Waals surface area contributed by atoms with E-state index >= 15 is 0 Å². The second kappa shape index (κ2) is 5.46. The van der Waals surface area contributed by atoms with Crippen LogP contribution in [0, 0.1) is 0 Å². The van der Waals surface area contributed by atoms with Crippen LogP contribution in [0.4, 0.5) is 5.69 Å². The van der Waals surface area contributed by atoms with Crippen molar-refractivity contribution >= 4 is 21.7 Å². The molecule has 1 atom stereocenters. The molecule has 22 heavy (non-hydrogen) atoms. The highest BCUT2D eigenvalue weighted by Crippen LogP contribution is 2.44. The van der Waals surface area contributed by atoms with E-state index in [1.54, 1.807) is 48.5 Å². The molecular formula is C16H15NO4S. The number of sulfonamides is 1. The minimum atomic E-state index is -3.66. The number of para-hydroxylation sites is 1. The Morgan fingerprint density at radius 3 is 2.36 bits per heavy atom. The second-order valence-corrected chi connectivity index (χ2v) is 6.91. The first kappa shape index (κ1) is 14.6. The number of benzene rings is 2. The Balaban J connectivity index is 2.12. The van der Waals surface area contributed by atoms with Crippen LogP contribution in [0.1, 0.15) is 24.4 Å². The van der Waals surface area contributed by atoms with Gasteiger partial charge >= 0.3 is 5.97 Å². The normalized spacial score (nSPS) is 18.9. The molecule has 3 rings (SSSR count). The fourth-order valence-electron chi connectivity index (χ4n) is 2.82. The summed E-state index contributed by atoms with van der Waals surface area (Å²) in [7, 11) is -3.66. The summed E-state index contributed by atoms with van der Waals surface area (Å²) in [5.74, 6) is -0.935. The Labute approximate surface area is 128 Å². The minimum absolute atomic E-state index is 0.0855. The molecule has 6 heteroatoms. The summed E-state index contributed by atoms with van der Waals surface area (Å²) in [6, 6.07) is 15.1. The lowest BCUT2D eigenvalue weighted by atomic mass is 10.0. The van der Waals surface area contributed by atoms with Crippen molar-refractivity contribution in [2.45, 2.75) is 23.8 Å². The molecule has 0 radical (unpaired) electrons. The predicted octanol–water partition coefficient (Wildman–Crippen LogP) is 2.80. The van der Waals surface area contributed by atoms with Crippen LogP contribution in [0.3, 0.4) is 0 Å². The van der Waals surface area contributed by atoms with Gasteiger partial charge in [-0.25, -0.2) is 8.42 Å². The highest BCUT2D eigenvalue weighted by Gasteiger charge is 2.42. The number of carbonyl (C=O) groups is 1. The summed E-state index contributed by atoms with van der Waals surface area (Å²) in [6.07, 6.45) is 0.151. The SMILES string of the molecule is O=C(O)CCC1c2ccccc2S(=O)(=O)N1c1ccccc1. The molecule has 1 aliphatic rings. The summed E-state index contributed by atoms with van der Waals surface area (Å²) in [4.78, 5) is 11.2. The Morgan fingerprint density at radius 1 is 1.05 bits per heavy atom. The van der Waals surface area contributed by atoms with Crippen LogP contribution in [0.5, 0.6) is 0 Å². The summed E-state index contributed by atoms with van der Waals surface area (Å²) in [5.41, 5.74) is 1.21. The zero-order valence-electron chi connectivity index (χ0n) is 11.7. The third-order valence-corrected chi connectivity index (χ3v) is 5.65. The van der Waals surface area contributed by atoms with E-state index in [9.17, 15) is 13.2 Å². The van der Waals surface area contributed by atoms with Gasteiger partial charge in [-0.1, -0.05) is 36.4 Å². The van der Waals surface area contributed by atoms with Crippen LogP contribution in [0.25, 0.3) is 0 Å². The first-order valence-electron chi connectivity index (χ1n) is 6.92. The van der Waals surface area contributed by atoms with E-state index in [4.69, 9.17) is 5.11 Å². The average molecular weight is 317 g/mol. The lowest BCUT2D eigenvalue weighted by Gasteiger charge is -2.25. The van der Waals surface area contributed by atoms with Gasteiger partial charge in [0.2, 0.25) is 0 Å². The van der Waals surface area contributed by atoms with Gasteiger partial charge in [0.1, 0.15) is 0 Å². The van der Waals surface area contributed by atoms with Crippen LogP contribution in [0.15, 0.2) is 59.5 Å². The zero-order chi connectivity index (χ0) is 15.7. The van der Waals surface area contributed by atoms with E-state index in [2.05, 4.69) is 0 Å². The van der Waals surface area contributed by atoms with Gasteiger partial charge in [0.05, 0.1) is 16.6 Å². The van der Waals surface area contributed by atoms with Crippen molar-refractivity contribution in [2.75, 3.05) is 4.31 Å². The molecule has 1 aliphatic heterocycles. The molecule has 2 aromatic rings. The first-order valence-corrected chi connectivity index (χ1v) is 8.36. The van der Waals surface area contributed by atoms with E-state index in [0.29, 0.717) is 11.3 Å². The van der Waals surface area contributed by atoms with E-state index in [1.165, 1.54) is 4.31 Å². The largest absolute Gasteiger partial charge is 0.481 e. The van der Waals surface area contributed by atoms with Gasteiger partial charge in [0, 0.05) is 6.42 Å². The Kier molecular flexibility index (Phi) is 3.62. The van der Waals surface area contributed by atoms with Gasteiger partial charge in [-0.2, -0.15) is 0 Å². The molecule has 5 nitrogen and oxygen atoms in total. The Bertz CT molecular complexity index is 802. The van der Waals surface area contributed by atoms with Crippen LogP contribution in [-0.2, 0) is 14.8 Å². The van der Waals surface area contributed by atoms with Crippen LogP contribution >= 0.6 is 0 Å². The number of nitrogens with zero attached hydrogens (tertiary/aromatic N) is 1. The molecule has 2 aromatic carbocycles. The van der Waals surface area contributed by atoms with Crippen molar-refractivity contribution in [3.05, 3.63) is 60.2 Å². The zero-order valence-corrected chi connectivity index (χ0v) is 12.5. The molecule has 0 aliphatic carbocycles. The van der Waals surface area contributed by atoms with E-state index in [1.807, 2.05) is 6.07 Å². The smallest absolute Gasteiger partial charge is 0.303 e. The van der Waals surface area contributed by atoms with Crippen molar-refractivity contribution in [1.82, 2.24) is 0 Å².